The highest BCUT2D eigenvalue weighted by molar-refractivity contribution is 7.85. The number of esters is 1. The van der Waals surface area contributed by atoms with E-state index < -0.39 is 16.1 Å². The zero-order valence-corrected chi connectivity index (χ0v) is 15.4. The summed E-state index contributed by atoms with van der Waals surface area (Å²) in [6, 6.07) is 0. The van der Waals surface area contributed by atoms with Crippen molar-refractivity contribution >= 4 is 16.1 Å². The molecule has 136 valence electrons. The van der Waals surface area contributed by atoms with Crippen molar-refractivity contribution < 1.29 is 27.4 Å². The molecule has 0 bridgehead atoms. The van der Waals surface area contributed by atoms with Crippen molar-refractivity contribution in [1.82, 2.24) is 0 Å². The van der Waals surface area contributed by atoms with E-state index in [0.717, 1.165) is 38.4 Å². The summed E-state index contributed by atoms with van der Waals surface area (Å²) in [5.41, 5.74) is 0. The van der Waals surface area contributed by atoms with Crippen molar-refractivity contribution in [1.29, 1.82) is 0 Å². The van der Waals surface area contributed by atoms with E-state index in [1.54, 1.807) is 0 Å². The number of quaternary nitrogens is 1. The largest absolute Gasteiger partial charge is 0.748 e. The molecule has 3 unspecified atom stereocenters. The van der Waals surface area contributed by atoms with E-state index in [1.807, 2.05) is 13.8 Å². The van der Waals surface area contributed by atoms with Crippen molar-refractivity contribution in [2.45, 2.75) is 52.6 Å². The van der Waals surface area contributed by atoms with E-state index in [0.29, 0.717) is 13.0 Å². The van der Waals surface area contributed by atoms with Crippen molar-refractivity contribution in [2.75, 3.05) is 25.4 Å². The molecule has 3 atom stereocenters. The molecule has 0 fully saturated rings. The van der Waals surface area contributed by atoms with Crippen LogP contribution in [0.25, 0.3) is 0 Å². The molecule has 6 nitrogen and oxygen atoms in total. The second-order valence-electron chi connectivity index (χ2n) is 6.08. The van der Waals surface area contributed by atoms with Crippen LogP contribution in [-0.2, 0) is 19.6 Å². The highest BCUT2D eigenvalue weighted by Gasteiger charge is 2.18. The van der Waals surface area contributed by atoms with Crippen LogP contribution >= 0.6 is 0 Å². The summed E-state index contributed by atoms with van der Waals surface area (Å²) in [7, 11) is -4.13. The standard InChI is InChI=1S/C16H31NO5S/c1-5-7-10-17(11-8-13-23(19,20)21)12-9-14(3)15(4)22-16(18)6-2/h6,14-15H,2,5,7-13H2,1,3-4H3,(H,19,20,21). The number of unbranched alkanes of at least 4 members (excludes halogenated alkanes) is 1. The van der Waals surface area contributed by atoms with Gasteiger partial charge in [0, 0.05) is 24.7 Å². The van der Waals surface area contributed by atoms with Crippen LogP contribution in [0.3, 0.4) is 0 Å². The Morgan fingerprint density at radius 2 is 1.87 bits per heavy atom. The molecule has 1 N–H and O–H groups in total. The third-order valence-electron chi connectivity index (χ3n) is 4.03. The monoisotopic (exact) mass is 349 g/mol. The van der Waals surface area contributed by atoms with Crippen LogP contribution in [0.4, 0.5) is 0 Å². The molecule has 0 heterocycles. The van der Waals surface area contributed by atoms with Gasteiger partial charge in [-0.1, -0.05) is 26.8 Å². The Bertz CT molecular complexity index is 449. The molecule has 0 aromatic heterocycles. The zero-order chi connectivity index (χ0) is 17.9. The minimum Gasteiger partial charge on any atom is -0.748 e. The molecule has 0 aliphatic heterocycles. The fourth-order valence-electron chi connectivity index (χ4n) is 2.31. The number of hydrogen-bond donors (Lipinski definition) is 1. The average Bonchev–Trinajstić information content (AvgIpc) is 2.47. The lowest BCUT2D eigenvalue weighted by Crippen LogP contribution is -3.12. The number of nitrogens with one attached hydrogen (secondary N) is 1. The topological polar surface area (TPSA) is 87.9 Å². The molecule has 0 aromatic carbocycles. The van der Waals surface area contributed by atoms with Crippen LogP contribution < -0.4 is 4.90 Å². The van der Waals surface area contributed by atoms with Gasteiger partial charge in [0.05, 0.1) is 29.8 Å². The van der Waals surface area contributed by atoms with Gasteiger partial charge in [0.25, 0.3) is 0 Å². The molecule has 0 saturated carbocycles. The predicted octanol–water partition coefficient (Wildman–Crippen LogP) is 0.751. The van der Waals surface area contributed by atoms with E-state index in [2.05, 4.69) is 13.5 Å². The molecule has 0 aromatic rings. The second-order valence-corrected chi connectivity index (χ2v) is 7.60. The van der Waals surface area contributed by atoms with Crippen LogP contribution in [0.5, 0.6) is 0 Å². The molecule has 23 heavy (non-hydrogen) atoms. The Balaban J connectivity index is 4.30. The van der Waals surface area contributed by atoms with Gasteiger partial charge < -0.3 is 14.2 Å². The van der Waals surface area contributed by atoms with Crippen LogP contribution in [0.15, 0.2) is 12.7 Å². The van der Waals surface area contributed by atoms with E-state index in [-0.39, 0.29) is 17.8 Å². The minimum absolute atomic E-state index is 0.185. The first kappa shape index (κ1) is 22.1. The first-order valence-electron chi connectivity index (χ1n) is 8.29. The second kappa shape index (κ2) is 11.6. The van der Waals surface area contributed by atoms with E-state index >= 15 is 0 Å². The predicted molar refractivity (Wildman–Crippen MR) is 89.2 cm³/mol. The van der Waals surface area contributed by atoms with Crippen molar-refractivity contribution in [3.05, 3.63) is 12.7 Å². The molecule has 0 saturated heterocycles. The molecule has 7 heteroatoms. The van der Waals surface area contributed by atoms with E-state index in [1.165, 1.54) is 4.90 Å². The van der Waals surface area contributed by atoms with E-state index in [4.69, 9.17) is 4.74 Å². The van der Waals surface area contributed by atoms with Crippen LogP contribution in [0.1, 0.15) is 46.5 Å². The highest BCUT2D eigenvalue weighted by atomic mass is 32.2. The average molecular weight is 349 g/mol. The molecule has 0 spiro atoms. The van der Waals surface area contributed by atoms with Crippen LogP contribution in [0.2, 0.25) is 0 Å². The van der Waals surface area contributed by atoms with Gasteiger partial charge in [-0.3, -0.25) is 0 Å². The molecular formula is C16H31NO5S. The van der Waals surface area contributed by atoms with Crippen LogP contribution in [0, 0.1) is 5.92 Å². The summed E-state index contributed by atoms with van der Waals surface area (Å²) in [5.74, 6) is -0.509. The third kappa shape index (κ3) is 12.2. The Morgan fingerprint density at radius 1 is 1.26 bits per heavy atom. The Kier molecular flexibility index (Phi) is 11.1. The maximum Gasteiger partial charge on any atom is 0.330 e. The van der Waals surface area contributed by atoms with Gasteiger partial charge in [-0.25, -0.2) is 13.2 Å². The summed E-state index contributed by atoms with van der Waals surface area (Å²) >= 11 is 0. The first-order valence-corrected chi connectivity index (χ1v) is 9.87. The maximum atomic E-state index is 11.2. The number of rotatable bonds is 13. The van der Waals surface area contributed by atoms with Crippen molar-refractivity contribution in [3.8, 4) is 0 Å². The summed E-state index contributed by atoms with van der Waals surface area (Å²) in [4.78, 5) is 12.5. The number of carbonyl (C=O) groups is 1. The lowest BCUT2D eigenvalue weighted by molar-refractivity contribution is -0.901. The normalized spacial score (nSPS) is 15.7. The maximum absolute atomic E-state index is 11.2. The van der Waals surface area contributed by atoms with Gasteiger partial charge >= 0.3 is 5.97 Å². The SMILES string of the molecule is C=CC(=O)OC(C)C(C)CC[NH+](CCCC)CCCS(=O)(=O)[O-]. The van der Waals surface area contributed by atoms with Gasteiger partial charge in [-0.2, -0.15) is 0 Å². The molecule has 0 rings (SSSR count). The van der Waals surface area contributed by atoms with Gasteiger partial charge in [0.1, 0.15) is 6.10 Å². The summed E-state index contributed by atoms with van der Waals surface area (Å²) in [6.07, 6.45) is 4.37. The van der Waals surface area contributed by atoms with Crippen molar-refractivity contribution in [3.63, 3.8) is 0 Å². The molecular weight excluding hydrogens is 318 g/mol. The fraction of sp³-hybridized carbons (Fsp3) is 0.812. The van der Waals surface area contributed by atoms with Gasteiger partial charge in [0.15, 0.2) is 0 Å². The quantitative estimate of drug-likeness (QED) is 0.301. The highest BCUT2D eigenvalue weighted by Crippen LogP contribution is 2.10. The van der Waals surface area contributed by atoms with Crippen LogP contribution in [-0.4, -0.2) is 50.4 Å². The lowest BCUT2D eigenvalue weighted by Gasteiger charge is -2.24. The molecule has 0 aliphatic rings. The molecule has 0 aliphatic carbocycles. The minimum atomic E-state index is -4.13. The summed E-state index contributed by atoms with van der Waals surface area (Å²) in [6.45, 7) is 11.9. The summed E-state index contributed by atoms with van der Waals surface area (Å²) in [5, 5.41) is 0. The van der Waals surface area contributed by atoms with Gasteiger partial charge in [-0.15, -0.1) is 0 Å². The zero-order valence-electron chi connectivity index (χ0n) is 14.5. The number of carbonyl (C=O) groups excluding carboxylic acids is 1. The smallest absolute Gasteiger partial charge is 0.330 e. The third-order valence-corrected chi connectivity index (χ3v) is 4.82. The van der Waals surface area contributed by atoms with Crippen molar-refractivity contribution in [2.24, 2.45) is 5.92 Å². The summed E-state index contributed by atoms with van der Waals surface area (Å²) < 4.78 is 37.3. The number of ether oxygens (including phenoxy) is 1. The lowest BCUT2D eigenvalue weighted by atomic mass is 10.0. The Morgan fingerprint density at radius 3 is 2.39 bits per heavy atom. The molecule has 0 radical (unpaired) electrons. The fourth-order valence-corrected chi connectivity index (χ4v) is 2.81. The van der Waals surface area contributed by atoms with Gasteiger partial charge in [0.2, 0.25) is 0 Å². The van der Waals surface area contributed by atoms with Gasteiger partial charge in [-0.05, 0) is 19.3 Å². The Hall–Kier alpha value is -0.920. The van der Waals surface area contributed by atoms with E-state index in [9.17, 15) is 17.8 Å². The first-order chi connectivity index (χ1) is 10.7. The Labute approximate surface area is 140 Å². The molecule has 0 amide bonds. The number of hydrogen-bond acceptors (Lipinski definition) is 5.